The molecule has 0 aromatic heterocycles. The van der Waals surface area contributed by atoms with E-state index in [4.69, 9.17) is 4.74 Å². The minimum atomic E-state index is -0.0931. The van der Waals surface area contributed by atoms with Crippen LogP contribution < -0.4 is 0 Å². The van der Waals surface area contributed by atoms with Crippen LogP contribution in [0.15, 0.2) is 0 Å². The number of hydrogen-bond acceptors (Lipinski definition) is 3. The van der Waals surface area contributed by atoms with Crippen LogP contribution in [0.2, 0.25) is 0 Å². The average Bonchev–Trinajstić information content (AvgIpc) is 2.18. The second kappa shape index (κ2) is 5.22. The summed E-state index contributed by atoms with van der Waals surface area (Å²) in [5, 5.41) is 0. The third-order valence-electron chi connectivity index (χ3n) is 2.42. The van der Waals surface area contributed by atoms with Gasteiger partial charge in [0.2, 0.25) is 0 Å². The Balaban J connectivity index is 2.35. The summed E-state index contributed by atoms with van der Waals surface area (Å²) in [4.78, 5) is 13.5. The standard InChI is InChI=1S/C10H18NO2/c1-3-13-10(12)9(2)11-7-5-4-6-8-11/h4,9H,3,5-8H2,1-2H3. The number of nitrogens with zero attached hydrogens (tertiary/aromatic N) is 1. The van der Waals surface area contributed by atoms with Crippen LogP contribution in [0.3, 0.4) is 0 Å². The topological polar surface area (TPSA) is 29.5 Å². The van der Waals surface area contributed by atoms with Crippen molar-refractivity contribution < 1.29 is 9.53 Å². The highest BCUT2D eigenvalue weighted by molar-refractivity contribution is 5.75. The molecule has 1 unspecified atom stereocenters. The highest BCUT2D eigenvalue weighted by Gasteiger charge is 2.23. The van der Waals surface area contributed by atoms with Crippen molar-refractivity contribution in [3.8, 4) is 0 Å². The van der Waals surface area contributed by atoms with Crippen LogP contribution in [0.5, 0.6) is 0 Å². The number of hydrogen-bond donors (Lipinski definition) is 0. The molecule has 0 N–H and O–H groups in total. The summed E-state index contributed by atoms with van der Waals surface area (Å²) < 4.78 is 4.97. The molecular formula is C10H18NO2. The molecule has 0 spiro atoms. The molecule has 0 bridgehead atoms. The van der Waals surface area contributed by atoms with Crippen LogP contribution in [0, 0.1) is 6.42 Å². The van der Waals surface area contributed by atoms with Crippen LogP contribution in [0.25, 0.3) is 0 Å². The third-order valence-corrected chi connectivity index (χ3v) is 2.42. The van der Waals surface area contributed by atoms with Gasteiger partial charge >= 0.3 is 5.97 Å². The largest absolute Gasteiger partial charge is 0.465 e. The molecule has 1 rings (SSSR count). The van der Waals surface area contributed by atoms with Crippen molar-refractivity contribution in [2.75, 3.05) is 19.7 Å². The van der Waals surface area contributed by atoms with Gasteiger partial charge in [0, 0.05) is 0 Å². The summed E-state index contributed by atoms with van der Waals surface area (Å²) in [6, 6.07) is -0.0753. The van der Waals surface area contributed by atoms with E-state index < -0.39 is 0 Å². The summed E-state index contributed by atoms with van der Waals surface area (Å²) in [5.41, 5.74) is 0. The Kier molecular flexibility index (Phi) is 4.22. The van der Waals surface area contributed by atoms with Gasteiger partial charge in [-0.25, -0.2) is 0 Å². The van der Waals surface area contributed by atoms with Crippen LogP contribution in [0.1, 0.15) is 26.7 Å². The minimum Gasteiger partial charge on any atom is -0.465 e. The summed E-state index contributed by atoms with van der Waals surface area (Å²) in [6.45, 7) is 6.21. The number of carbonyl (C=O) groups excluding carboxylic acids is 1. The summed E-state index contributed by atoms with van der Waals surface area (Å²) in [5.74, 6) is -0.0931. The van der Waals surface area contributed by atoms with Crippen molar-refractivity contribution in [3.63, 3.8) is 0 Å². The molecule has 0 aliphatic carbocycles. The van der Waals surface area contributed by atoms with Crippen molar-refractivity contribution >= 4 is 5.97 Å². The third kappa shape index (κ3) is 2.99. The first kappa shape index (κ1) is 10.5. The van der Waals surface area contributed by atoms with Crippen LogP contribution in [-0.2, 0) is 9.53 Å². The van der Waals surface area contributed by atoms with Gasteiger partial charge in [-0.1, -0.05) is 0 Å². The Morgan fingerprint density at radius 3 is 2.69 bits per heavy atom. The molecule has 13 heavy (non-hydrogen) atoms. The minimum absolute atomic E-state index is 0.0753. The number of carbonyl (C=O) groups is 1. The fraction of sp³-hybridized carbons (Fsp3) is 0.800. The van der Waals surface area contributed by atoms with E-state index in [-0.39, 0.29) is 12.0 Å². The Hall–Kier alpha value is -0.570. The van der Waals surface area contributed by atoms with Gasteiger partial charge in [0.25, 0.3) is 0 Å². The molecule has 1 aliphatic rings. The molecule has 1 heterocycles. The van der Waals surface area contributed by atoms with Crippen molar-refractivity contribution in [1.82, 2.24) is 4.90 Å². The van der Waals surface area contributed by atoms with Gasteiger partial charge in [-0.3, -0.25) is 9.69 Å². The van der Waals surface area contributed by atoms with E-state index in [0.29, 0.717) is 6.61 Å². The first-order valence-electron chi connectivity index (χ1n) is 4.98. The maximum absolute atomic E-state index is 11.4. The van der Waals surface area contributed by atoms with Crippen molar-refractivity contribution in [2.24, 2.45) is 0 Å². The van der Waals surface area contributed by atoms with Gasteiger partial charge in [0.05, 0.1) is 6.61 Å². The lowest BCUT2D eigenvalue weighted by Crippen LogP contribution is -2.43. The lowest BCUT2D eigenvalue weighted by molar-refractivity contribution is -0.149. The highest BCUT2D eigenvalue weighted by atomic mass is 16.5. The molecule has 1 saturated heterocycles. The lowest BCUT2D eigenvalue weighted by atomic mass is 10.1. The fourth-order valence-corrected chi connectivity index (χ4v) is 1.57. The first-order valence-corrected chi connectivity index (χ1v) is 4.98. The van der Waals surface area contributed by atoms with Gasteiger partial charge in [-0.2, -0.15) is 0 Å². The monoisotopic (exact) mass is 184 g/mol. The number of rotatable bonds is 3. The SMILES string of the molecule is CCOC(=O)C(C)N1CC[CH]CC1. The Morgan fingerprint density at radius 1 is 1.54 bits per heavy atom. The number of ether oxygens (including phenoxy) is 1. The molecule has 1 atom stereocenters. The number of esters is 1. The van der Waals surface area contributed by atoms with Gasteiger partial charge < -0.3 is 4.74 Å². The molecule has 1 fully saturated rings. The van der Waals surface area contributed by atoms with Crippen LogP contribution >= 0.6 is 0 Å². The average molecular weight is 184 g/mol. The van der Waals surface area contributed by atoms with Crippen molar-refractivity contribution in [2.45, 2.75) is 32.7 Å². The number of piperidine rings is 1. The van der Waals surface area contributed by atoms with Gasteiger partial charge in [0.15, 0.2) is 0 Å². The molecule has 75 valence electrons. The van der Waals surface area contributed by atoms with E-state index in [1.807, 2.05) is 13.8 Å². The smallest absolute Gasteiger partial charge is 0.323 e. The molecular weight excluding hydrogens is 166 g/mol. The van der Waals surface area contributed by atoms with Gasteiger partial charge in [-0.15, -0.1) is 0 Å². The van der Waals surface area contributed by atoms with E-state index in [1.54, 1.807) is 0 Å². The second-order valence-corrected chi connectivity index (χ2v) is 3.33. The lowest BCUT2D eigenvalue weighted by Gasteiger charge is -2.30. The predicted molar refractivity (Wildman–Crippen MR) is 51.2 cm³/mol. The van der Waals surface area contributed by atoms with E-state index in [0.717, 1.165) is 25.9 Å². The highest BCUT2D eigenvalue weighted by Crippen LogP contribution is 2.11. The molecule has 0 saturated carbocycles. The Morgan fingerprint density at radius 2 is 2.15 bits per heavy atom. The molecule has 1 radical (unpaired) electrons. The zero-order chi connectivity index (χ0) is 9.68. The van der Waals surface area contributed by atoms with Gasteiger partial charge in [0.1, 0.15) is 6.04 Å². The van der Waals surface area contributed by atoms with Crippen molar-refractivity contribution in [1.29, 1.82) is 0 Å². The van der Waals surface area contributed by atoms with Gasteiger partial charge in [-0.05, 0) is 46.2 Å². The van der Waals surface area contributed by atoms with E-state index in [9.17, 15) is 4.79 Å². The van der Waals surface area contributed by atoms with Crippen molar-refractivity contribution in [3.05, 3.63) is 6.42 Å². The molecule has 3 heteroatoms. The zero-order valence-electron chi connectivity index (χ0n) is 8.45. The summed E-state index contributed by atoms with van der Waals surface area (Å²) in [7, 11) is 0. The van der Waals surface area contributed by atoms with E-state index in [2.05, 4.69) is 11.3 Å². The normalized spacial score (nSPS) is 21.1. The molecule has 3 nitrogen and oxygen atoms in total. The van der Waals surface area contributed by atoms with Crippen LogP contribution in [-0.4, -0.2) is 36.6 Å². The molecule has 0 aromatic rings. The Bertz CT molecular complexity index is 164. The maximum atomic E-state index is 11.4. The quantitative estimate of drug-likeness (QED) is 0.618. The Labute approximate surface area is 80.1 Å². The number of likely N-dealkylation sites (tertiary alicyclic amines) is 1. The zero-order valence-corrected chi connectivity index (χ0v) is 8.45. The molecule has 0 aromatic carbocycles. The summed E-state index contributed by atoms with van der Waals surface area (Å²) >= 11 is 0. The molecule has 1 aliphatic heterocycles. The van der Waals surface area contributed by atoms with E-state index >= 15 is 0 Å². The maximum Gasteiger partial charge on any atom is 0.323 e. The first-order chi connectivity index (χ1) is 6.25. The molecule has 0 amide bonds. The van der Waals surface area contributed by atoms with Crippen LogP contribution in [0.4, 0.5) is 0 Å². The predicted octanol–water partition coefficient (Wildman–Crippen LogP) is 1.24. The second-order valence-electron chi connectivity index (χ2n) is 3.33. The van der Waals surface area contributed by atoms with E-state index in [1.165, 1.54) is 0 Å². The summed E-state index contributed by atoms with van der Waals surface area (Å²) in [6.07, 6.45) is 4.45. The fourth-order valence-electron chi connectivity index (χ4n) is 1.57.